The fraction of sp³-hybridized carbons (Fsp3) is 1.00. The molecule has 1 saturated heterocycles. The summed E-state index contributed by atoms with van der Waals surface area (Å²) in [6.45, 7) is 6.01. The highest BCUT2D eigenvalue weighted by atomic mass is 35.5. The normalized spacial score (nSPS) is 35.6. The largest absolute Gasteiger partial charge is 0.302 e. The van der Waals surface area contributed by atoms with Gasteiger partial charge in [-0.2, -0.15) is 0 Å². The van der Waals surface area contributed by atoms with Crippen molar-refractivity contribution in [3.05, 3.63) is 0 Å². The average molecular weight is 230 g/mol. The molecule has 2 aliphatic rings. The average Bonchev–Trinajstić information content (AvgIpc) is 2.25. The first kappa shape index (κ1) is 11.7. The first-order chi connectivity index (χ1) is 7.25. The van der Waals surface area contributed by atoms with Gasteiger partial charge in [0.2, 0.25) is 0 Å². The molecule has 2 rings (SSSR count). The van der Waals surface area contributed by atoms with Gasteiger partial charge in [0, 0.05) is 18.5 Å². The van der Waals surface area contributed by atoms with Crippen LogP contribution in [0.25, 0.3) is 0 Å². The zero-order valence-electron chi connectivity index (χ0n) is 9.92. The van der Waals surface area contributed by atoms with Gasteiger partial charge in [0.15, 0.2) is 0 Å². The van der Waals surface area contributed by atoms with Crippen LogP contribution in [0.2, 0.25) is 0 Å². The number of alkyl halides is 1. The van der Waals surface area contributed by atoms with Crippen LogP contribution in [0, 0.1) is 11.8 Å². The van der Waals surface area contributed by atoms with E-state index in [1.165, 1.54) is 51.6 Å². The second kappa shape index (κ2) is 5.54. The summed E-state index contributed by atoms with van der Waals surface area (Å²) in [5.41, 5.74) is 0. The van der Waals surface area contributed by atoms with Crippen molar-refractivity contribution in [2.24, 2.45) is 11.8 Å². The first-order valence-corrected chi connectivity index (χ1v) is 7.06. The smallest absolute Gasteiger partial charge is 0.0489 e. The molecule has 1 heterocycles. The Hall–Kier alpha value is 0.250. The van der Waals surface area contributed by atoms with E-state index in [1.54, 1.807) is 0 Å². The molecular weight excluding hydrogens is 206 g/mol. The van der Waals surface area contributed by atoms with Crippen LogP contribution in [-0.2, 0) is 0 Å². The van der Waals surface area contributed by atoms with Crippen molar-refractivity contribution in [2.75, 3.05) is 19.6 Å². The van der Waals surface area contributed by atoms with E-state index in [4.69, 9.17) is 11.6 Å². The topological polar surface area (TPSA) is 3.24 Å². The van der Waals surface area contributed by atoms with Crippen LogP contribution >= 0.6 is 11.6 Å². The van der Waals surface area contributed by atoms with Crippen LogP contribution < -0.4 is 0 Å². The van der Waals surface area contributed by atoms with E-state index in [-0.39, 0.29) is 0 Å². The van der Waals surface area contributed by atoms with Gasteiger partial charge >= 0.3 is 0 Å². The van der Waals surface area contributed by atoms with E-state index in [0.29, 0.717) is 11.3 Å². The van der Waals surface area contributed by atoms with E-state index in [2.05, 4.69) is 11.8 Å². The van der Waals surface area contributed by atoms with Crippen LogP contribution in [0.1, 0.15) is 45.4 Å². The van der Waals surface area contributed by atoms with Gasteiger partial charge in [-0.05, 0) is 37.6 Å². The molecule has 0 spiro atoms. The molecule has 2 atom stereocenters. The van der Waals surface area contributed by atoms with Gasteiger partial charge < -0.3 is 4.90 Å². The SMILES string of the molecule is CC1CCN(CC2CCCCC2)CC1Cl. The van der Waals surface area contributed by atoms with Crippen LogP contribution in [0.3, 0.4) is 0 Å². The Morgan fingerprint density at radius 2 is 1.87 bits per heavy atom. The monoisotopic (exact) mass is 229 g/mol. The van der Waals surface area contributed by atoms with Gasteiger partial charge in [-0.3, -0.25) is 0 Å². The van der Waals surface area contributed by atoms with Gasteiger partial charge in [0.1, 0.15) is 0 Å². The Bertz CT molecular complexity index is 189. The maximum Gasteiger partial charge on any atom is 0.0489 e. The van der Waals surface area contributed by atoms with Crippen LogP contribution in [0.4, 0.5) is 0 Å². The minimum Gasteiger partial charge on any atom is -0.302 e. The molecule has 0 aromatic rings. The second-order valence-corrected chi connectivity index (χ2v) is 6.11. The Kier molecular flexibility index (Phi) is 4.33. The van der Waals surface area contributed by atoms with E-state index in [9.17, 15) is 0 Å². The number of likely N-dealkylation sites (tertiary alicyclic amines) is 1. The summed E-state index contributed by atoms with van der Waals surface area (Å²) in [6, 6.07) is 0. The third kappa shape index (κ3) is 3.35. The maximum atomic E-state index is 6.34. The molecule has 0 amide bonds. The number of halogens is 1. The molecule has 0 aromatic carbocycles. The van der Waals surface area contributed by atoms with Crippen molar-refractivity contribution in [3.8, 4) is 0 Å². The highest BCUT2D eigenvalue weighted by molar-refractivity contribution is 6.21. The van der Waals surface area contributed by atoms with Crippen molar-refractivity contribution in [2.45, 2.75) is 50.8 Å². The first-order valence-electron chi connectivity index (χ1n) is 6.62. The summed E-state index contributed by atoms with van der Waals surface area (Å²) in [7, 11) is 0. The Balaban J connectivity index is 1.74. The molecule has 0 radical (unpaired) electrons. The molecule has 0 bridgehead atoms. The Morgan fingerprint density at radius 3 is 2.53 bits per heavy atom. The minimum absolute atomic E-state index is 0.391. The molecule has 2 heteroatoms. The van der Waals surface area contributed by atoms with Crippen LogP contribution in [0.15, 0.2) is 0 Å². The number of nitrogens with zero attached hydrogens (tertiary/aromatic N) is 1. The molecule has 15 heavy (non-hydrogen) atoms. The van der Waals surface area contributed by atoms with Gasteiger partial charge in [-0.25, -0.2) is 0 Å². The predicted octanol–water partition coefficient (Wildman–Crippen LogP) is 3.52. The van der Waals surface area contributed by atoms with E-state index in [1.807, 2.05) is 0 Å². The fourth-order valence-corrected chi connectivity index (χ4v) is 3.31. The summed E-state index contributed by atoms with van der Waals surface area (Å²) in [4.78, 5) is 2.60. The molecule has 0 aromatic heterocycles. The molecule has 1 aliphatic carbocycles. The van der Waals surface area contributed by atoms with Gasteiger partial charge in [0.25, 0.3) is 0 Å². The number of piperidine rings is 1. The van der Waals surface area contributed by atoms with Gasteiger partial charge in [-0.1, -0.05) is 26.2 Å². The van der Waals surface area contributed by atoms with Crippen molar-refractivity contribution >= 4 is 11.6 Å². The van der Waals surface area contributed by atoms with E-state index in [0.717, 1.165) is 12.5 Å². The van der Waals surface area contributed by atoms with Crippen LogP contribution in [0.5, 0.6) is 0 Å². The summed E-state index contributed by atoms with van der Waals surface area (Å²) in [5.74, 6) is 1.69. The Labute approximate surface area is 99.2 Å². The van der Waals surface area contributed by atoms with Crippen molar-refractivity contribution in [1.29, 1.82) is 0 Å². The lowest BCUT2D eigenvalue weighted by Gasteiger charge is -2.36. The molecule has 2 unspecified atom stereocenters. The second-order valence-electron chi connectivity index (χ2n) is 5.55. The Morgan fingerprint density at radius 1 is 1.13 bits per heavy atom. The lowest BCUT2D eigenvalue weighted by molar-refractivity contribution is 0.154. The van der Waals surface area contributed by atoms with Crippen molar-refractivity contribution in [3.63, 3.8) is 0 Å². The molecular formula is C13H24ClN. The third-order valence-electron chi connectivity index (χ3n) is 4.19. The summed E-state index contributed by atoms with van der Waals surface area (Å²) < 4.78 is 0. The molecule has 2 fully saturated rings. The van der Waals surface area contributed by atoms with E-state index < -0.39 is 0 Å². The van der Waals surface area contributed by atoms with Crippen molar-refractivity contribution < 1.29 is 0 Å². The fourth-order valence-electron chi connectivity index (χ4n) is 2.99. The van der Waals surface area contributed by atoms with Crippen LogP contribution in [-0.4, -0.2) is 29.9 Å². The summed E-state index contributed by atoms with van der Waals surface area (Å²) >= 11 is 6.34. The molecule has 1 saturated carbocycles. The summed E-state index contributed by atoms with van der Waals surface area (Å²) in [5, 5.41) is 0.391. The number of hydrogen-bond donors (Lipinski definition) is 0. The molecule has 1 nitrogen and oxygen atoms in total. The lowest BCUT2D eigenvalue weighted by Crippen LogP contribution is -2.42. The van der Waals surface area contributed by atoms with Crippen molar-refractivity contribution in [1.82, 2.24) is 4.90 Å². The highest BCUT2D eigenvalue weighted by Gasteiger charge is 2.26. The quantitative estimate of drug-likeness (QED) is 0.655. The maximum absolute atomic E-state index is 6.34. The zero-order chi connectivity index (χ0) is 10.7. The lowest BCUT2D eigenvalue weighted by atomic mass is 9.88. The van der Waals surface area contributed by atoms with Gasteiger partial charge in [-0.15, -0.1) is 11.6 Å². The standard InChI is InChI=1S/C13H24ClN/c1-11-7-8-15(10-13(11)14)9-12-5-3-2-4-6-12/h11-13H,2-10H2,1H3. The molecule has 0 N–H and O–H groups in total. The predicted molar refractivity (Wildman–Crippen MR) is 66.4 cm³/mol. The highest BCUT2D eigenvalue weighted by Crippen LogP contribution is 2.27. The molecule has 88 valence electrons. The summed E-state index contributed by atoms with van der Waals surface area (Å²) in [6.07, 6.45) is 8.59. The molecule has 1 aliphatic heterocycles. The van der Waals surface area contributed by atoms with Gasteiger partial charge in [0.05, 0.1) is 0 Å². The van der Waals surface area contributed by atoms with E-state index >= 15 is 0 Å². The number of hydrogen-bond acceptors (Lipinski definition) is 1. The minimum atomic E-state index is 0.391. The zero-order valence-corrected chi connectivity index (χ0v) is 10.7. The number of rotatable bonds is 2. The third-order valence-corrected chi connectivity index (χ3v) is 4.76.